The van der Waals surface area contributed by atoms with E-state index in [-0.39, 0.29) is 6.42 Å². The number of hydrogen-bond donors (Lipinski definition) is 2. The molecule has 1 aliphatic rings. The third kappa shape index (κ3) is 5.64. The van der Waals surface area contributed by atoms with Crippen molar-refractivity contribution in [2.75, 3.05) is 37.1 Å². The van der Waals surface area contributed by atoms with Crippen LogP contribution in [0.25, 0.3) is 0 Å². The zero-order chi connectivity index (χ0) is 22.4. The Labute approximate surface area is 183 Å². The molecule has 0 amide bonds. The average Bonchev–Trinajstić information content (AvgIpc) is 2.75. The Bertz CT molecular complexity index is 880. The molecule has 1 saturated heterocycles. The molecule has 168 valence electrons. The molecule has 0 saturated carbocycles. The number of rotatable bonds is 9. The molecule has 0 radical (unpaired) electrons. The second-order valence-corrected chi connectivity index (χ2v) is 8.40. The number of hydrogen-bond acceptors (Lipinski definition) is 7. The molecular formula is C23H32N4O4. The summed E-state index contributed by atoms with van der Waals surface area (Å²) in [4.78, 5) is 22.2. The van der Waals surface area contributed by atoms with E-state index < -0.39 is 11.4 Å². The Kier molecular flexibility index (Phi) is 7.33. The molecular weight excluding hydrogens is 396 g/mol. The number of benzene rings is 1. The van der Waals surface area contributed by atoms with Crippen LogP contribution in [0.4, 0.5) is 17.1 Å². The predicted molar refractivity (Wildman–Crippen MR) is 120 cm³/mol. The Balaban J connectivity index is 2.00. The van der Waals surface area contributed by atoms with E-state index in [1.807, 2.05) is 26.0 Å². The van der Waals surface area contributed by atoms with Crippen LogP contribution in [0, 0.1) is 0 Å². The summed E-state index contributed by atoms with van der Waals surface area (Å²) in [5.74, 6) is -0.815. The SMILES string of the molecule is CCN(c1ccc(C(C)(C)CC(=O)O)cc1Nc1cnc(OC)nc1)C1CCOCC1. The lowest BCUT2D eigenvalue weighted by Crippen LogP contribution is -2.39. The standard InChI is InChI=1S/C23H32N4O4/c1-5-27(18-8-10-31-11-9-18)20-7-6-16(23(2,3)13-21(28)29)12-19(20)26-17-14-24-22(30-4)25-15-17/h6-7,12,14-15,18,26H,5,8-11,13H2,1-4H3,(H,28,29). The number of carboxylic acids is 1. The highest BCUT2D eigenvalue weighted by Crippen LogP contribution is 2.37. The van der Waals surface area contributed by atoms with Crippen LogP contribution in [0.2, 0.25) is 0 Å². The van der Waals surface area contributed by atoms with Gasteiger partial charge in [0.1, 0.15) is 0 Å². The van der Waals surface area contributed by atoms with Crippen LogP contribution in [0.3, 0.4) is 0 Å². The first-order valence-corrected chi connectivity index (χ1v) is 10.7. The highest BCUT2D eigenvalue weighted by Gasteiger charge is 2.27. The van der Waals surface area contributed by atoms with E-state index in [4.69, 9.17) is 9.47 Å². The molecule has 0 spiro atoms. The Hall–Kier alpha value is -2.87. The Morgan fingerprint density at radius 2 is 1.97 bits per heavy atom. The fourth-order valence-corrected chi connectivity index (χ4v) is 4.05. The van der Waals surface area contributed by atoms with E-state index in [1.54, 1.807) is 12.4 Å². The van der Waals surface area contributed by atoms with Crippen molar-refractivity contribution in [2.45, 2.75) is 51.5 Å². The fourth-order valence-electron chi connectivity index (χ4n) is 4.05. The quantitative estimate of drug-likeness (QED) is 0.619. The summed E-state index contributed by atoms with van der Waals surface area (Å²) in [6.45, 7) is 8.44. The minimum absolute atomic E-state index is 0.0505. The first-order chi connectivity index (χ1) is 14.8. The van der Waals surface area contributed by atoms with Gasteiger partial charge in [-0.15, -0.1) is 0 Å². The molecule has 0 atom stereocenters. The molecule has 1 aromatic carbocycles. The van der Waals surface area contributed by atoms with Crippen LogP contribution in [-0.4, -0.2) is 54.0 Å². The Morgan fingerprint density at radius 3 is 2.55 bits per heavy atom. The van der Waals surface area contributed by atoms with Gasteiger partial charge in [-0.3, -0.25) is 4.79 Å². The molecule has 0 aliphatic carbocycles. The van der Waals surface area contributed by atoms with Crippen molar-refractivity contribution in [2.24, 2.45) is 0 Å². The van der Waals surface area contributed by atoms with Crippen LogP contribution >= 0.6 is 0 Å². The monoisotopic (exact) mass is 428 g/mol. The number of aromatic nitrogens is 2. The number of carboxylic acid groups (broad SMARTS) is 1. The molecule has 1 aliphatic heterocycles. The van der Waals surface area contributed by atoms with Gasteiger partial charge in [-0.05, 0) is 37.5 Å². The van der Waals surface area contributed by atoms with E-state index in [9.17, 15) is 9.90 Å². The van der Waals surface area contributed by atoms with Gasteiger partial charge >= 0.3 is 12.0 Å². The second-order valence-electron chi connectivity index (χ2n) is 8.40. The zero-order valence-corrected chi connectivity index (χ0v) is 18.7. The maximum absolute atomic E-state index is 11.4. The molecule has 8 heteroatoms. The lowest BCUT2D eigenvalue weighted by atomic mass is 9.81. The minimum Gasteiger partial charge on any atom is -0.481 e. The van der Waals surface area contributed by atoms with Crippen molar-refractivity contribution in [3.8, 4) is 6.01 Å². The molecule has 31 heavy (non-hydrogen) atoms. The van der Waals surface area contributed by atoms with E-state index >= 15 is 0 Å². The molecule has 2 heterocycles. The van der Waals surface area contributed by atoms with Gasteiger partial charge in [0.15, 0.2) is 0 Å². The van der Waals surface area contributed by atoms with Gasteiger partial charge in [0.05, 0.1) is 43.0 Å². The number of nitrogens with zero attached hydrogens (tertiary/aromatic N) is 3. The molecule has 8 nitrogen and oxygen atoms in total. The largest absolute Gasteiger partial charge is 0.481 e. The maximum Gasteiger partial charge on any atom is 0.316 e. The second kappa shape index (κ2) is 9.96. The number of nitrogens with one attached hydrogen (secondary N) is 1. The van der Waals surface area contributed by atoms with Gasteiger partial charge in [-0.25, -0.2) is 9.97 Å². The van der Waals surface area contributed by atoms with Crippen LogP contribution in [0.5, 0.6) is 6.01 Å². The van der Waals surface area contributed by atoms with Gasteiger partial charge in [-0.2, -0.15) is 0 Å². The summed E-state index contributed by atoms with van der Waals surface area (Å²) < 4.78 is 10.6. The first-order valence-electron chi connectivity index (χ1n) is 10.7. The van der Waals surface area contributed by atoms with Crippen molar-refractivity contribution in [3.63, 3.8) is 0 Å². The lowest BCUT2D eigenvalue weighted by molar-refractivity contribution is -0.138. The molecule has 3 rings (SSSR count). The Morgan fingerprint density at radius 1 is 1.29 bits per heavy atom. The van der Waals surface area contributed by atoms with Crippen LogP contribution in [-0.2, 0) is 14.9 Å². The minimum atomic E-state index is -0.815. The molecule has 2 N–H and O–H groups in total. The van der Waals surface area contributed by atoms with Crippen LogP contribution in [0.1, 0.15) is 45.6 Å². The van der Waals surface area contributed by atoms with E-state index in [1.165, 1.54) is 7.11 Å². The van der Waals surface area contributed by atoms with Crippen molar-refractivity contribution in [1.29, 1.82) is 0 Å². The molecule has 0 bridgehead atoms. The van der Waals surface area contributed by atoms with Crippen molar-refractivity contribution >= 4 is 23.0 Å². The predicted octanol–water partition coefficient (Wildman–Crippen LogP) is 3.99. The van der Waals surface area contributed by atoms with Gasteiger partial charge in [0.2, 0.25) is 0 Å². The first kappa shape index (κ1) is 22.8. The van der Waals surface area contributed by atoms with Gasteiger partial charge in [0, 0.05) is 31.2 Å². The molecule has 1 fully saturated rings. The summed E-state index contributed by atoms with van der Waals surface area (Å²) in [5, 5.41) is 12.8. The average molecular weight is 429 g/mol. The van der Waals surface area contributed by atoms with Crippen molar-refractivity contribution < 1.29 is 19.4 Å². The molecule has 0 unspecified atom stereocenters. The van der Waals surface area contributed by atoms with E-state index in [2.05, 4.69) is 33.2 Å². The van der Waals surface area contributed by atoms with E-state index in [0.717, 1.165) is 55.2 Å². The number of ether oxygens (including phenoxy) is 2. The molecule has 2 aromatic rings. The summed E-state index contributed by atoms with van der Waals surface area (Å²) in [6, 6.07) is 6.87. The smallest absolute Gasteiger partial charge is 0.316 e. The third-order valence-electron chi connectivity index (χ3n) is 5.74. The third-order valence-corrected chi connectivity index (χ3v) is 5.74. The summed E-state index contributed by atoms with van der Waals surface area (Å²) >= 11 is 0. The normalized spacial score (nSPS) is 14.8. The number of anilines is 3. The van der Waals surface area contributed by atoms with Gasteiger partial charge in [0.25, 0.3) is 0 Å². The highest BCUT2D eigenvalue weighted by molar-refractivity contribution is 5.77. The maximum atomic E-state index is 11.4. The summed E-state index contributed by atoms with van der Waals surface area (Å²) in [6.07, 6.45) is 5.36. The van der Waals surface area contributed by atoms with Crippen molar-refractivity contribution in [3.05, 3.63) is 36.2 Å². The molecule has 1 aromatic heterocycles. The van der Waals surface area contributed by atoms with Gasteiger partial charge < -0.3 is 24.8 Å². The number of aliphatic carboxylic acids is 1. The lowest BCUT2D eigenvalue weighted by Gasteiger charge is -2.37. The van der Waals surface area contributed by atoms with E-state index in [0.29, 0.717) is 12.1 Å². The van der Waals surface area contributed by atoms with Crippen molar-refractivity contribution in [1.82, 2.24) is 9.97 Å². The van der Waals surface area contributed by atoms with Gasteiger partial charge in [-0.1, -0.05) is 19.9 Å². The fraction of sp³-hybridized carbons (Fsp3) is 0.522. The number of methoxy groups -OCH3 is 1. The highest BCUT2D eigenvalue weighted by atomic mass is 16.5. The summed E-state index contributed by atoms with van der Waals surface area (Å²) in [5.41, 5.74) is 3.16. The topological polar surface area (TPSA) is 96.8 Å². The summed E-state index contributed by atoms with van der Waals surface area (Å²) in [7, 11) is 1.53. The number of carbonyl (C=O) groups is 1. The van der Waals surface area contributed by atoms with Crippen LogP contribution in [0.15, 0.2) is 30.6 Å². The zero-order valence-electron chi connectivity index (χ0n) is 18.7. The van der Waals surface area contributed by atoms with Crippen LogP contribution < -0.4 is 15.0 Å².